The van der Waals surface area contributed by atoms with Crippen molar-refractivity contribution >= 4 is 10.8 Å². The Labute approximate surface area is 80.4 Å². The van der Waals surface area contributed by atoms with E-state index < -0.39 is 38.7 Å². The molecule has 0 saturated carbocycles. The molecule has 0 aliphatic heterocycles. The van der Waals surface area contributed by atoms with Crippen molar-refractivity contribution in [2.45, 2.75) is 4.90 Å². The van der Waals surface area contributed by atoms with E-state index in [1.165, 1.54) is 6.07 Å². The molecule has 1 unspecified atom stereocenters. The molecule has 74 valence electrons. The normalized spacial score (nSPS) is 12.2. The molecule has 0 aliphatic carbocycles. The number of nitrogens with zero attached hydrogens (tertiary/aromatic N) is 1. The van der Waals surface area contributed by atoms with E-state index in [0.29, 0.717) is 0 Å². The average molecular weight is 219 g/mol. The molecule has 0 fully saturated rings. The van der Waals surface area contributed by atoms with Crippen molar-refractivity contribution in [3.63, 3.8) is 0 Å². The van der Waals surface area contributed by atoms with Crippen LogP contribution in [0.4, 0.5) is 13.2 Å². The first-order chi connectivity index (χ1) is 6.49. The summed E-state index contributed by atoms with van der Waals surface area (Å²) in [6, 6.07) is 1.55. The number of nitriles is 1. The minimum absolute atomic E-state index is 0.271. The number of hydrogen-bond acceptors (Lipinski definition) is 2. The lowest BCUT2D eigenvalue weighted by molar-refractivity contribution is 0.482. The molecule has 0 aromatic heterocycles. The van der Waals surface area contributed by atoms with E-state index in [0.717, 1.165) is 6.26 Å². The number of benzene rings is 1. The number of rotatable bonds is 1. The van der Waals surface area contributed by atoms with Crippen molar-refractivity contribution in [1.29, 1.82) is 5.26 Å². The van der Waals surface area contributed by atoms with Gasteiger partial charge in [-0.05, 0) is 0 Å². The third-order valence-corrected chi connectivity index (χ3v) is 2.50. The molecule has 2 nitrogen and oxygen atoms in total. The van der Waals surface area contributed by atoms with Crippen molar-refractivity contribution in [2.75, 3.05) is 6.26 Å². The van der Waals surface area contributed by atoms with Crippen molar-refractivity contribution in [2.24, 2.45) is 0 Å². The van der Waals surface area contributed by atoms with Gasteiger partial charge >= 0.3 is 0 Å². The third-order valence-electron chi connectivity index (χ3n) is 1.53. The van der Waals surface area contributed by atoms with Crippen LogP contribution in [0.1, 0.15) is 5.56 Å². The lowest BCUT2D eigenvalue weighted by atomic mass is 10.2. The fraction of sp³-hybridized carbons (Fsp3) is 0.125. The van der Waals surface area contributed by atoms with Gasteiger partial charge in [0.15, 0.2) is 11.6 Å². The standard InChI is InChI=1S/C8H4F3NOS/c1-14(13)8-4(3-12)7(11)5(9)2-6(8)10/h2H,1H3. The molecule has 0 N–H and O–H groups in total. The first kappa shape index (κ1) is 10.7. The summed E-state index contributed by atoms with van der Waals surface area (Å²) in [7, 11) is -1.87. The Bertz CT molecular complexity index is 453. The molecule has 0 saturated heterocycles. The van der Waals surface area contributed by atoms with Gasteiger partial charge in [-0.1, -0.05) is 0 Å². The van der Waals surface area contributed by atoms with E-state index in [1.807, 2.05) is 0 Å². The molecule has 0 heterocycles. The molecule has 0 spiro atoms. The molecule has 14 heavy (non-hydrogen) atoms. The maximum atomic E-state index is 13.0. The zero-order valence-electron chi connectivity index (χ0n) is 6.97. The summed E-state index contributed by atoms with van der Waals surface area (Å²) in [5.74, 6) is -4.12. The van der Waals surface area contributed by atoms with Crippen LogP contribution in [0.5, 0.6) is 0 Å². The minimum atomic E-state index is -1.87. The summed E-state index contributed by atoms with van der Waals surface area (Å²) < 4.78 is 49.4. The monoisotopic (exact) mass is 219 g/mol. The van der Waals surface area contributed by atoms with E-state index in [2.05, 4.69) is 0 Å². The molecule has 1 rings (SSSR count). The minimum Gasteiger partial charge on any atom is -0.254 e. The van der Waals surface area contributed by atoms with Crippen molar-refractivity contribution < 1.29 is 17.4 Å². The molecule has 1 atom stereocenters. The van der Waals surface area contributed by atoms with Crippen molar-refractivity contribution in [1.82, 2.24) is 0 Å². The average Bonchev–Trinajstić information content (AvgIpc) is 2.09. The maximum absolute atomic E-state index is 13.0. The second kappa shape index (κ2) is 3.80. The van der Waals surface area contributed by atoms with Crippen LogP contribution >= 0.6 is 0 Å². The predicted molar refractivity (Wildman–Crippen MR) is 43.4 cm³/mol. The quantitative estimate of drug-likeness (QED) is 0.674. The van der Waals surface area contributed by atoms with Crippen LogP contribution in [-0.4, -0.2) is 10.5 Å². The van der Waals surface area contributed by atoms with E-state index in [1.54, 1.807) is 0 Å². The highest BCUT2D eigenvalue weighted by Gasteiger charge is 2.20. The van der Waals surface area contributed by atoms with Crippen LogP contribution < -0.4 is 0 Å². The predicted octanol–water partition coefficient (Wildman–Crippen LogP) is 1.71. The first-order valence-electron chi connectivity index (χ1n) is 3.40. The molecular formula is C8H4F3NOS. The Kier molecular flexibility index (Phi) is 2.91. The van der Waals surface area contributed by atoms with Gasteiger partial charge in [0, 0.05) is 12.3 Å². The van der Waals surface area contributed by atoms with Gasteiger partial charge in [-0.2, -0.15) is 5.26 Å². The lowest BCUT2D eigenvalue weighted by Crippen LogP contribution is -2.03. The van der Waals surface area contributed by atoms with E-state index >= 15 is 0 Å². The number of halogens is 3. The highest BCUT2D eigenvalue weighted by Crippen LogP contribution is 2.22. The zero-order valence-corrected chi connectivity index (χ0v) is 7.79. The van der Waals surface area contributed by atoms with Gasteiger partial charge in [0.1, 0.15) is 17.4 Å². The Balaban J connectivity index is 3.66. The van der Waals surface area contributed by atoms with Gasteiger partial charge in [0.25, 0.3) is 0 Å². The highest BCUT2D eigenvalue weighted by molar-refractivity contribution is 7.84. The van der Waals surface area contributed by atoms with Crippen LogP contribution in [0.15, 0.2) is 11.0 Å². The fourth-order valence-corrected chi connectivity index (χ4v) is 1.72. The van der Waals surface area contributed by atoms with Crippen LogP contribution in [-0.2, 0) is 10.8 Å². The highest BCUT2D eigenvalue weighted by atomic mass is 32.2. The molecule has 1 aromatic carbocycles. The first-order valence-corrected chi connectivity index (χ1v) is 4.96. The second-order valence-corrected chi connectivity index (χ2v) is 3.74. The molecule has 1 aromatic rings. The van der Waals surface area contributed by atoms with Crippen molar-refractivity contribution in [3.8, 4) is 6.07 Å². The summed E-state index contributed by atoms with van der Waals surface area (Å²) in [6.07, 6.45) is 1.08. The third kappa shape index (κ3) is 1.63. The molecule has 6 heteroatoms. The molecule has 0 radical (unpaired) electrons. The summed E-state index contributed by atoms with van der Waals surface area (Å²) in [6.45, 7) is 0. The second-order valence-electron chi connectivity index (χ2n) is 2.42. The maximum Gasteiger partial charge on any atom is 0.178 e. The summed E-state index contributed by atoms with van der Waals surface area (Å²) in [5, 5.41) is 8.44. The van der Waals surface area contributed by atoms with E-state index in [-0.39, 0.29) is 6.07 Å². The van der Waals surface area contributed by atoms with Gasteiger partial charge in [0.05, 0.1) is 15.7 Å². The summed E-state index contributed by atoms with van der Waals surface area (Å²) >= 11 is 0. The SMILES string of the molecule is CS(=O)c1c(F)cc(F)c(F)c1C#N. The lowest BCUT2D eigenvalue weighted by Gasteiger charge is -2.03. The number of hydrogen-bond donors (Lipinski definition) is 0. The van der Waals surface area contributed by atoms with E-state index in [4.69, 9.17) is 5.26 Å². The Hall–Kier alpha value is -1.35. The van der Waals surface area contributed by atoms with Gasteiger partial charge < -0.3 is 0 Å². The summed E-state index contributed by atoms with van der Waals surface area (Å²) in [4.78, 5) is -0.605. The molecule has 0 bridgehead atoms. The Morgan fingerprint density at radius 1 is 1.36 bits per heavy atom. The van der Waals surface area contributed by atoms with Gasteiger partial charge in [-0.3, -0.25) is 4.21 Å². The van der Waals surface area contributed by atoms with E-state index in [9.17, 15) is 17.4 Å². The van der Waals surface area contributed by atoms with Gasteiger partial charge in [-0.15, -0.1) is 0 Å². The Morgan fingerprint density at radius 3 is 2.36 bits per heavy atom. The molecule has 0 aliphatic rings. The van der Waals surface area contributed by atoms with Gasteiger partial charge in [-0.25, -0.2) is 13.2 Å². The van der Waals surface area contributed by atoms with Gasteiger partial charge in [0.2, 0.25) is 0 Å². The van der Waals surface area contributed by atoms with Crippen LogP contribution in [0, 0.1) is 28.8 Å². The van der Waals surface area contributed by atoms with Crippen molar-refractivity contribution in [3.05, 3.63) is 29.1 Å². The van der Waals surface area contributed by atoms with Crippen LogP contribution in [0.3, 0.4) is 0 Å². The molecular weight excluding hydrogens is 215 g/mol. The zero-order chi connectivity index (χ0) is 10.9. The van der Waals surface area contributed by atoms with Crippen LogP contribution in [0.2, 0.25) is 0 Å². The van der Waals surface area contributed by atoms with Crippen LogP contribution in [0.25, 0.3) is 0 Å². The topological polar surface area (TPSA) is 40.9 Å². The molecule has 0 amide bonds. The summed E-state index contributed by atoms with van der Waals surface area (Å²) in [5.41, 5.74) is -0.844. The Morgan fingerprint density at radius 2 is 1.93 bits per heavy atom. The largest absolute Gasteiger partial charge is 0.254 e. The fourth-order valence-electron chi connectivity index (χ4n) is 0.960. The smallest absolute Gasteiger partial charge is 0.178 e.